The van der Waals surface area contributed by atoms with E-state index in [0.29, 0.717) is 12.1 Å². The Morgan fingerprint density at radius 1 is 1.40 bits per heavy atom. The molecule has 1 N–H and O–H groups in total. The van der Waals surface area contributed by atoms with Gasteiger partial charge in [0.1, 0.15) is 0 Å². The Bertz CT molecular complexity index is 97.6. The van der Waals surface area contributed by atoms with Crippen LogP contribution in [-0.4, -0.2) is 37.1 Å². The predicted octanol–water partition coefficient (Wildman–Crippen LogP) is 0.720. The topological polar surface area (TPSA) is 15.3 Å². The number of likely N-dealkylation sites (N-methyl/N-ethyl adjacent to an activating group) is 1. The molecule has 0 aromatic carbocycles. The second kappa shape index (κ2) is 4.16. The number of rotatable bonds is 0. The van der Waals surface area contributed by atoms with Crippen LogP contribution in [0.25, 0.3) is 0 Å². The molecule has 0 aromatic rings. The summed E-state index contributed by atoms with van der Waals surface area (Å²) in [6.45, 7) is 6.79. The molecule has 0 aliphatic carbocycles. The van der Waals surface area contributed by atoms with Gasteiger partial charge in [-0.15, -0.1) is 12.4 Å². The fourth-order valence-corrected chi connectivity index (χ4v) is 1.20. The Morgan fingerprint density at radius 2 is 2.00 bits per heavy atom. The number of hydrogen-bond donors (Lipinski definition) is 1. The Kier molecular flexibility index (Phi) is 4.25. The minimum absolute atomic E-state index is 0. The number of piperazine rings is 1. The monoisotopic (exact) mass is 164 g/mol. The second-order valence-electron chi connectivity index (χ2n) is 3.10. The number of nitrogens with one attached hydrogen (secondary N) is 1. The van der Waals surface area contributed by atoms with E-state index in [9.17, 15) is 0 Å². The van der Waals surface area contributed by atoms with Gasteiger partial charge >= 0.3 is 0 Å². The molecule has 1 heterocycles. The van der Waals surface area contributed by atoms with Crippen molar-refractivity contribution >= 4 is 12.4 Å². The minimum Gasteiger partial charge on any atom is -0.311 e. The number of hydrogen-bond acceptors (Lipinski definition) is 2. The van der Waals surface area contributed by atoms with Gasteiger partial charge in [0.15, 0.2) is 0 Å². The average Bonchev–Trinajstić information content (AvgIpc) is 1.80. The molecule has 10 heavy (non-hydrogen) atoms. The van der Waals surface area contributed by atoms with E-state index in [1.807, 2.05) is 0 Å². The van der Waals surface area contributed by atoms with Crippen molar-refractivity contribution in [1.82, 2.24) is 10.2 Å². The molecule has 0 radical (unpaired) electrons. The third-order valence-electron chi connectivity index (χ3n) is 2.08. The summed E-state index contributed by atoms with van der Waals surface area (Å²) in [5.74, 6) is 0. The van der Waals surface area contributed by atoms with Crippen molar-refractivity contribution in [3.63, 3.8) is 0 Å². The molecule has 0 spiro atoms. The van der Waals surface area contributed by atoms with Crippen molar-refractivity contribution in [2.45, 2.75) is 25.9 Å². The lowest BCUT2D eigenvalue weighted by Gasteiger charge is -2.34. The van der Waals surface area contributed by atoms with E-state index in [2.05, 4.69) is 31.1 Å². The summed E-state index contributed by atoms with van der Waals surface area (Å²) in [5, 5.41) is 3.42. The van der Waals surface area contributed by atoms with Gasteiger partial charge in [-0.05, 0) is 20.9 Å². The van der Waals surface area contributed by atoms with E-state index in [0.717, 1.165) is 6.54 Å². The largest absolute Gasteiger partial charge is 0.311 e. The quantitative estimate of drug-likeness (QED) is 0.568. The highest BCUT2D eigenvalue weighted by Crippen LogP contribution is 2.01. The second-order valence-corrected chi connectivity index (χ2v) is 3.10. The Balaban J connectivity index is 0.000000810. The molecule has 0 saturated carbocycles. The molecule has 62 valence electrons. The smallest absolute Gasteiger partial charge is 0.0190 e. The highest BCUT2D eigenvalue weighted by molar-refractivity contribution is 5.85. The summed E-state index contributed by atoms with van der Waals surface area (Å²) in [6.07, 6.45) is 0. The first kappa shape index (κ1) is 10.2. The lowest BCUT2D eigenvalue weighted by Crippen LogP contribution is -2.52. The van der Waals surface area contributed by atoms with Crippen molar-refractivity contribution in [2.75, 3.05) is 20.1 Å². The van der Waals surface area contributed by atoms with Crippen molar-refractivity contribution in [3.8, 4) is 0 Å². The van der Waals surface area contributed by atoms with Gasteiger partial charge in [-0.25, -0.2) is 0 Å². The normalized spacial score (nSPS) is 35.1. The first-order valence-electron chi connectivity index (χ1n) is 3.64. The lowest BCUT2D eigenvalue weighted by atomic mass is 10.2. The van der Waals surface area contributed by atoms with Gasteiger partial charge < -0.3 is 10.2 Å². The molecule has 2 unspecified atom stereocenters. The third kappa shape index (κ3) is 2.45. The van der Waals surface area contributed by atoms with E-state index in [1.165, 1.54) is 6.54 Å². The molecule has 0 amide bonds. The molecule has 1 saturated heterocycles. The Morgan fingerprint density at radius 3 is 2.40 bits per heavy atom. The number of nitrogens with zero attached hydrogens (tertiary/aromatic N) is 1. The maximum Gasteiger partial charge on any atom is 0.0190 e. The van der Waals surface area contributed by atoms with Crippen LogP contribution in [0.3, 0.4) is 0 Å². The summed E-state index contributed by atoms with van der Waals surface area (Å²) in [6, 6.07) is 1.38. The predicted molar refractivity (Wildman–Crippen MR) is 46.8 cm³/mol. The summed E-state index contributed by atoms with van der Waals surface area (Å²) in [7, 11) is 2.18. The van der Waals surface area contributed by atoms with E-state index in [-0.39, 0.29) is 12.4 Å². The zero-order valence-corrected chi connectivity index (χ0v) is 7.74. The van der Waals surface area contributed by atoms with Gasteiger partial charge in [0.2, 0.25) is 0 Å². The molecule has 1 fully saturated rings. The van der Waals surface area contributed by atoms with Gasteiger partial charge in [-0.1, -0.05) is 0 Å². The molecule has 3 heteroatoms. The standard InChI is InChI=1S/C7H16N2.ClH/c1-6-5-9(3)7(2)4-8-6;/h6-8H,4-5H2,1-3H3;1H. The molecule has 0 bridgehead atoms. The molecule has 1 aliphatic rings. The van der Waals surface area contributed by atoms with Crippen LogP contribution in [0.5, 0.6) is 0 Å². The molecular formula is C7H17ClN2. The van der Waals surface area contributed by atoms with Crippen LogP contribution in [0, 0.1) is 0 Å². The fraction of sp³-hybridized carbons (Fsp3) is 1.00. The fourth-order valence-electron chi connectivity index (χ4n) is 1.20. The molecule has 1 aliphatic heterocycles. The molecular weight excluding hydrogens is 148 g/mol. The highest BCUT2D eigenvalue weighted by atomic mass is 35.5. The summed E-state index contributed by atoms with van der Waals surface area (Å²) >= 11 is 0. The average molecular weight is 165 g/mol. The van der Waals surface area contributed by atoms with Crippen LogP contribution < -0.4 is 5.32 Å². The van der Waals surface area contributed by atoms with Gasteiger partial charge in [0, 0.05) is 25.2 Å². The molecule has 1 rings (SSSR count). The SMILES string of the molecule is CC1CN(C)C(C)CN1.Cl. The van der Waals surface area contributed by atoms with Gasteiger partial charge in [0.25, 0.3) is 0 Å². The van der Waals surface area contributed by atoms with Crippen LogP contribution in [0.15, 0.2) is 0 Å². The molecule has 2 nitrogen and oxygen atoms in total. The van der Waals surface area contributed by atoms with Crippen LogP contribution >= 0.6 is 12.4 Å². The third-order valence-corrected chi connectivity index (χ3v) is 2.08. The molecule has 2 atom stereocenters. The van der Waals surface area contributed by atoms with Gasteiger partial charge in [-0.3, -0.25) is 0 Å². The zero-order valence-electron chi connectivity index (χ0n) is 6.92. The lowest BCUT2D eigenvalue weighted by molar-refractivity contribution is 0.182. The maximum absolute atomic E-state index is 3.42. The van der Waals surface area contributed by atoms with Gasteiger partial charge in [0.05, 0.1) is 0 Å². The number of halogens is 1. The summed E-state index contributed by atoms with van der Waals surface area (Å²) in [4.78, 5) is 2.39. The first-order valence-corrected chi connectivity index (χ1v) is 3.64. The van der Waals surface area contributed by atoms with Crippen molar-refractivity contribution in [1.29, 1.82) is 0 Å². The minimum atomic E-state index is 0. The van der Waals surface area contributed by atoms with Crippen molar-refractivity contribution in [2.24, 2.45) is 0 Å². The Hall–Kier alpha value is 0.210. The summed E-state index contributed by atoms with van der Waals surface area (Å²) in [5.41, 5.74) is 0. The Labute approximate surface area is 69.4 Å². The van der Waals surface area contributed by atoms with E-state index in [4.69, 9.17) is 0 Å². The zero-order chi connectivity index (χ0) is 6.85. The first-order chi connectivity index (χ1) is 4.20. The van der Waals surface area contributed by atoms with E-state index >= 15 is 0 Å². The van der Waals surface area contributed by atoms with Gasteiger partial charge in [-0.2, -0.15) is 0 Å². The van der Waals surface area contributed by atoms with E-state index < -0.39 is 0 Å². The van der Waals surface area contributed by atoms with Crippen LogP contribution in [0.4, 0.5) is 0 Å². The molecule has 0 aromatic heterocycles. The van der Waals surface area contributed by atoms with Crippen molar-refractivity contribution in [3.05, 3.63) is 0 Å². The van der Waals surface area contributed by atoms with Crippen LogP contribution in [0.1, 0.15) is 13.8 Å². The van der Waals surface area contributed by atoms with Crippen LogP contribution in [0.2, 0.25) is 0 Å². The highest BCUT2D eigenvalue weighted by Gasteiger charge is 2.17. The maximum atomic E-state index is 3.42. The van der Waals surface area contributed by atoms with Crippen molar-refractivity contribution < 1.29 is 0 Å². The van der Waals surface area contributed by atoms with E-state index in [1.54, 1.807) is 0 Å². The van der Waals surface area contributed by atoms with Crippen LogP contribution in [-0.2, 0) is 0 Å². The summed E-state index contributed by atoms with van der Waals surface area (Å²) < 4.78 is 0.